The average molecular weight is 586 g/mol. The molecule has 9 heteroatoms. The van der Waals surface area contributed by atoms with Crippen molar-refractivity contribution in [1.82, 2.24) is 15.5 Å². The molecule has 0 aromatic heterocycles. The minimum atomic E-state index is -0.449. The Bertz CT molecular complexity index is 1150. The largest absolute Gasteiger partial charge is 0.370 e. The molecule has 4 unspecified atom stereocenters. The number of nitrogens with zero attached hydrogens (tertiary/aromatic N) is 1. The molecule has 1 saturated carbocycles. The minimum absolute atomic E-state index is 0.0140. The summed E-state index contributed by atoms with van der Waals surface area (Å²) in [5, 5.41) is 8.57. The molecule has 2 heterocycles. The normalized spacial score (nSPS) is 25.4. The monoisotopic (exact) mass is 584 g/mol. The van der Waals surface area contributed by atoms with E-state index in [1.807, 2.05) is 29.2 Å². The third-order valence-corrected chi connectivity index (χ3v) is 9.53. The zero-order chi connectivity index (χ0) is 28.2. The molecule has 1 aliphatic carbocycles. The Morgan fingerprint density at radius 2 is 1.52 bits per heavy atom. The molecular formula is C31H38Cl2N4O3. The van der Waals surface area contributed by atoms with Crippen LogP contribution < -0.4 is 16.4 Å². The van der Waals surface area contributed by atoms with Gasteiger partial charge in [0.25, 0.3) is 0 Å². The fraction of sp³-hybridized carbons (Fsp3) is 0.516. The van der Waals surface area contributed by atoms with Crippen molar-refractivity contribution >= 4 is 40.9 Å². The lowest BCUT2D eigenvalue weighted by atomic mass is 9.65. The first-order chi connectivity index (χ1) is 19.3. The van der Waals surface area contributed by atoms with Gasteiger partial charge in [-0.2, -0.15) is 0 Å². The fourth-order valence-electron chi connectivity index (χ4n) is 7.03. The maximum Gasteiger partial charge on any atom is 0.223 e. The van der Waals surface area contributed by atoms with Crippen molar-refractivity contribution in [3.8, 4) is 0 Å². The van der Waals surface area contributed by atoms with Crippen molar-refractivity contribution < 1.29 is 14.4 Å². The van der Waals surface area contributed by atoms with E-state index in [4.69, 9.17) is 28.9 Å². The maximum atomic E-state index is 12.7. The van der Waals surface area contributed by atoms with Crippen LogP contribution in [0.3, 0.4) is 0 Å². The third-order valence-electron chi connectivity index (χ3n) is 9.02. The predicted octanol–water partition coefficient (Wildman–Crippen LogP) is 4.64. The number of rotatable bonds is 8. The second kappa shape index (κ2) is 12.9. The summed E-state index contributed by atoms with van der Waals surface area (Å²) in [7, 11) is 0. The molecule has 3 fully saturated rings. The van der Waals surface area contributed by atoms with Crippen molar-refractivity contribution in [3.63, 3.8) is 0 Å². The summed E-state index contributed by atoms with van der Waals surface area (Å²) < 4.78 is 0. The minimum Gasteiger partial charge on any atom is -0.370 e. The molecule has 0 radical (unpaired) electrons. The number of fused-ring (bicyclic) bond motifs is 1. The number of primary amides is 1. The van der Waals surface area contributed by atoms with Gasteiger partial charge in [-0.05, 0) is 79.3 Å². The van der Waals surface area contributed by atoms with Crippen LogP contribution in [0, 0.1) is 11.8 Å². The molecule has 4 atom stereocenters. The van der Waals surface area contributed by atoms with E-state index in [2.05, 4.69) is 34.9 Å². The first-order valence-electron chi connectivity index (χ1n) is 14.4. The number of hydrogen-bond acceptors (Lipinski definition) is 4. The topological polar surface area (TPSA) is 105 Å². The second-order valence-electron chi connectivity index (χ2n) is 11.6. The number of hydrogen-bond donors (Lipinski definition) is 3. The van der Waals surface area contributed by atoms with Crippen molar-refractivity contribution in [3.05, 3.63) is 69.7 Å². The third kappa shape index (κ3) is 6.99. The number of nitrogens with one attached hydrogen (secondary N) is 2. The van der Waals surface area contributed by atoms with E-state index in [1.54, 1.807) is 0 Å². The van der Waals surface area contributed by atoms with Gasteiger partial charge in [-0.15, -0.1) is 0 Å². The number of piperidine rings is 2. The summed E-state index contributed by atoms with van der Waals surface area (Å²) in [6.45, 7) is 1.31. The van der Waals surface area contributed by atoms with Gasteiger partial charge in [0.05, 0.1) is 0 Å². The number of likely N-dealkylation sites (tertiary alicyclic amines) is 1. The number of benzene rings is 2. The van der Waals surface area contributed by atoms with Crippen LogP contribution in [0.4, 0.5) is 0 Å². The number of nitrogens with two attached hydrogens (primary N) is 1. The van der Waals surface area contributed by atoms with Crippen molar-refractivity contribution in [1.29, 1.82) is 0 Å². The first-order valence-corrected chi connectivity index (χ1v) is 15.1. The Morgan fingerprint density at radius 1 is 0.925 bits per heavy atom. The standard InChI is InChI=1S/C31H38Cl2N4O3/c32-22-6-1-19(2-7-22)31(20-3-8-23(33)9-4-20)21-5-10-26-25(17-21)27(18-29(39)36-26)35-24-13-15-37(16-14-24)30(40)12-11-28(34)38/h1-4,6-9,21,24-27,31,35H,5,10-18H2,(H2,34,38)(H,36,39). The van der Waals surface area contributed by atoms with Crippen molar-refractivity contribution in [2.45, 2.75) is 75.4 Å². The average Bonchev–Trinajstić information content (AvgIpc) is 2.94. The Kier molecular flexibility index (Phi) is 9.34. The van der Waals surface area contributed by atoms with E-state index in [0.29, 0.717) is 31.3 Å². The second-order valence-corrected chi connectivity index (χ2v) is 12.5. The summed E-state index contributed by atoms with van der Waals surface area (Å²) in [6, 6.07) is 16.9. The van der Waals surface area contributed by atoms with Crippen molar-refractivity contribution in [2.75, 3.05) is 13.1 Å². The van der Waals surface area contributed by atoms with E-state index >= 15 is 0 Å². The van der Waals surface area contributed by atoms with E-state index in [0.717, 1.165) is 42.1 Å². The Morgan fingerprint density at radius 3 is 2.10 bits per heavy atom. The van der Waals surface area contributed by atoms with Gasteiger partial charge in [0.15, 0.2) is 0 Å². The fourth-order valence-corrected chi connectivity index (χ4v) is 7.28. The highest BCUT2D eigenvalue weighted by atomic mass is 35.5. The van der Waals surface area contributed by atoms with Crippen LogP contribution in [-0.2, 0) is 14.4 Å². The van der Waals surface area contributed by atoms with Gasteiger partial charge in [-0.1, -0.05) is 47.5 Å². The molecule has 3 amide bonds. The zero-order valence-electron chi connectivity index (χ0n) is 22.7. The SMILES string of the molecule is NC(=O)CCC(=O)N1CCC(NC2CC(=O)NC3CCC(C(c4ccc(Cl)cc4)c4ccc(Cl)cc4)CC32)CC1. The summed E-state index contributed by atoms with van der Waals surface area (Å²) in [5.74, 6) is 0.600. The molecule has 40 heavy (non-hydrogen) atoms. The van der Waals surface area contributed by atoms with Gasteiger partial charge in [0, 0.05) is 66.4 Å². The quantitative estimate of drug-likeness (QED) is 0.420. The van der Waals surface area contributed by atoms with Crippen LogP contribution in [0.15, 0.2) is 48.5 Å². The van der Waals surface area contributed by atoms with Crippen LogP contribution in [0.2, 0.25) is 10.0 Å². The molecule has 0 spiro atoms. The molecule has 3 aliphatic rings. The molecule has 7 nitrogen and oxygen atoms in total. The predicted molar refractivity (Wildman–Crippen MR) is 157 cm³/mol. The van der Waals surface area contributed by atoms with Crippen molar-refractivity contribution in [2.24, 2.45) is 17.6 Å². The summed E-state index contributed by atoms with van der Waals surface area (Å²) in [6.07, 6.45) is 5.37. The lowest BCUT2D eigenvalue weighted by molar-refractivity contribution is -0.134. The van der Waals surface area contributed by atoms with Gasteiger partial charge in [0.1, 0.15) is 0 Å². The van der Waals surface area contributed by atoms with Gasteiger partial charge in [0.2, 0.25) is 17.7 Å². The molecule has 2 aromatic rings. The summed E-state index contributed by atoms with van der Waals surface area (Å²) in [4.78, 5) is 38.0. The van der Waals surface area contributed by atoms with Crippen LogP contribution >= 0.6 is 23.2 Å². The zero-order valence-corrected chi connectivity index (χ0v) is 24.2. The van der Waals surface area contributed by atoms with Gasteiger partial charge in [-0.3, -0.25) is 14.4 Å². The smallest absolute Gasteiger partial charge is 0.223 e. The molecule has 214 valence electrons. The van der Waals surface area contributed by atoms with Crippen LogP contribution in [0.1, 0.15) is 68.4 Å². The lowest BCUT2D eigenvalue weighted by Gasteiger charge is -2.47. The lowest BCUT2D eigenvalue weighted by Crippen LogP contribution is -2.60. The van der Waals surface area contributed by atoms with E-state index in [-0.39, 0.29) is 48.7 Å². The van der Waals surface area contributed by atoms with Gasteiger partial charge >= 0.3 is 0 Å². The van der Waals surface area contributed by atoms with E-state index in [1.165, 1.54) is 11.1 Å². The highest BCUT2D eigenvalue weighted by Gasteiger charge is 2.43. The summed E-state index contributed by atoms with van der Waals surface area (Å²) >= 11 is 12.5. The van der Waals surface area contributed by atoms with Crippen LogP contribution in [0.5, 0.6) is 0 Å². The molecule has 2 aromatic carbocycles. The number of halogens is 2. The Hall–Kier alpha value is -2.61. The van der Waals surface area contributed by atoms with E-state index < -0.39 is 5.91 Å². The van der Waals surface area contributed by atoms with Gasteiger partial charge in [-0.25, -0.2) is 0 Å². The highest BCUT2D eigenvalue weighted by Crippen LogP contribution is 2.45. The molecule has 2 aliphatic heterocycles. The summed E-state index contributed by atoms with van der Waals surface area (Å²) in [5.41, 5.74) is 7.69. The number of carbonyl (C=O) groups excluding carboxylic acids is 3. The first kappa shape index (κ1) is 28.9. The molecule has 0 bridgehead atoms. The molecule has 4 N–H and O–H groups in total. The number of carbonyl (C=O) groups is 3. The molecule has 5 rings (SSSR count). The Balaban J connectivity index is 1.28. The number of amides is 3. The maximum absolute atomic E-state index is 12.7. The highest BCUT2D eigenvalue weighted by molar-refractivity contribution is 6.30. The van der Waals surface area contributed by atoms with Crippen LogP contribution in [-0.4, -0.2) is 53.8 Å². The van der Waals surface area contributed by atoms with Crippen LogP contribution in [0.25, 0.3) is 0 Å². The van der Waals surface area contributed by atoms with Gasteiger partial charge < -0.3 is 21.3 Å². The molecule has 2 saturated heterocycles. The van der Waals surface area contributed by atoms with E-state index in [9.17, 15) is 14.4 Å². The Labute approximate surface area is 246 Å². The molecular weight excluding hydrogens is 547 g/mol.